The van der Waals surface area contributed by atoms with Gasteiger partial charge in [-0.3, -0.25) is 4.79 Å². The van der Waals surface area contributed by atoms with Gasteiger partial charge in [-0.2, -0.15) is 0 Å². The number of aliphatic hydroxyl groups excluding tert-OH is 1. The van der Waals surface area contributed by atoms with Gasteiger partial charge in [0.1, 0.15) is 17.4 Å². The van der Waals surface area contributed by atoms with Crippen LogP contribution in [0.2, 0.25) is 0 Å². The van der Waals surface area contributed by atoms with Crippen LogP contribution in [0.5, 0.6) is 5.75 Å². The lowest BCUT2D eigenvalue weighted by molar-refractivity contribution is 0.0913. The van der Waals surface area contributed by atoms with Crippen molar-refractivity contribution in [2.45, 2.75) is 6.42 Å². The quantitative estimate of drug-likeness (QED) is 0.833. The lowest BCUT2D eigenvalue weighted by atomic mass is 10.1. The number of carbonyl (C=O) groups is 1. The van der Waals surface area contributed by atoms with Crippen LogP contribution in [-0.2, 0) is 6.42 Å². The minimum Gasteiger partial charge on any atom is -0.485 e. The highest BCUT2D eigenvalue weighted by atomic mass is 19.1. The molecule has 1 N–H and O–H groups in total. The Labute approximate surface area is 120 Å². The molecule has 0 atom stereocenters. The Kier molecular flexibility index (Phi) is 5.00. The number of hydrogen-bond donors (Lipinski definition) is 1. The van der Waals surface area contributed by atoms with Crippen LogP contribution >= 0.6 is 0 Å². The van der Waals surface area contributed by atoms with E-state index in [1.807, 2.05) is 0 Å². The van der Waals surface area contributed by atoms with E-state index in [-0.39, 0.29) is 6.61 Å². The zero-order valence-electron chi connectivity index (χ0n) is 11.2. The molecule has 0 saturated carbocycles. The smallest absolute Gasteiger partial charge is 0.206 e. The number of ketones is 1. The molecule has 2 aromatic carbocycles. The van der Waals surface area contributed by atoms with Gasteiger partial charge in [-0.05, 0) is 36.2 Å². The van der Waals surface area contributed by atoms with Gasteiger partial charge in [0.15, 0.2) is 6.61 Å². The summed E-state index contributed by atoms with van der Waals surface area (Å²) >= 11 is 0. The first-order valence-corrected chi connectivity index (χ1v) is 6.41. The van der Waals surface area contributed by atoms with E-state index in [4.69, 9.17) is 9.84 Å². The first kappa shape index (κ1) is 15.1. The van der Waals surface area contributed by atoms with E-state index in [1.165, 1.54) is 6.07 Å². The molecule has 0 aliphatic heterocycles. The van der Waals surface area contributed by atoms with Crippen molar-refractivity contribution in [1.29, 1.82) is 0 Å². The van der Waals surface area contributed by atoms with Crippen molar-refractivity contribution in [3.8, 4) is 5.75 Å². The number of carbonyl (C=O) groups excluding carboxylic acids is 1. The van der Waals surface area contributed by atoms with Crippen molar-refractivity contribution in [1.82, 2.24) is 0 Å². The van der Waals surface area contributed by atoms with Gasteiger partial charge in [-0.25, -0.2) is 8.78 Å². The minimum absolute atomic E-state index is 0.0469. The topological polar surface area (TPSA) is 46.5 Å². The minimum atomic E-state index is -0.901. The van der Waals surface area contributed by atoms with E-state index in [1.54, 1.807) is 24.3 Å². The standard InChI is InChI=1S/C16H14F2O3/c17-13-2-1-3-14(18)16(13)15(20)10-21-12-6-4-11(5-7-12)8-9-19/h1-7,19H,8-10H2. The molecule has 0 heterocycles. The van der Waals surface area contributed by atoms with E-state index < -0.39 is 29.6 Å². The van der Waals surface area contributed by atoms with Crippen LogP contribution in [0.3, 0.4) is 0 Å². The maximum absolute atomic E-state index is 13.4. The second kappa shape index (κ2) is 6.95. The lowest BCUT2D eigenvalue weighted by Gasteiger charge is -2.07. The summed E-state index contributed by atoms with van der Waals surface area (Å²) in [6, 6.07) is 10.0. The molecule has 0 aromatic heterocycles. The van der Waals surface area contributed by atoms with Gasteiger partial charge in [0.2, 0.25) is 5.78 Å². The van der Waals surface area contributed by atoms with Gasteiger partial charge in [-0.15, -0.1) is 0 Å². The molecule has 2 aromatic rings. The van der Waals surface area contributed by atoms with Gasteiger partial charge in [0, 0.05) is 6.61 Å². The first-order valence-electron chi connectivity index (χ1n) is 6.41. The summed E-state index contributed by atoms with van der Waals surface area (Å²) in [6.45, 7) is -0.400. The van der Waals surface area contributed by atoms with Gasteiger partial charge in [0.25, 0.3) is 0 Å². The summed E-state index contributed by atoms with van der Waals surface area (Å²) in [5.41, 5.74) is 0.339. The van der Waals surface area contributed by atoms with Crippen molar-refractivity contribution < 1.29 is 23.4 Å². The maximum atomic E-state index is 13.4. The third-order valence-electron chi connectivity index (χ3n) is 2.94. The van der Waals surface area contributed by atoms with Gasteiger partial charge >= 0.3 is 0 Å². The molecule has 0 radical (unpaired) electrons. The molecule has 21 heavy (non-hydrogen) atoms. The zero-order chi connectivity index (χ0) is 15.2. The third-order valence-corrected chi connectivity index (χ3v) is 2.94. The fourth-order valence-electron chi connectivity index (χ4n) is 1.87. The largest absolute Gasteiger partial charge is 0.485 e. The molecule has 2 rings (SSSR count). The average Bonchev–Trinajstić information content (AvgIpc) is 2.47. The lowest BCUT2D eigenvalue weighted by Crippen LogP contribution is -2.15. The summed E-state index contributed by atoms with van der Waals surface area (Å²) in [5.74, 6) is -2.14. The predicted octanol–water partition coefficient (Wildman–Crippen LogP) is 2.76. The molecule has 5 heteroatoms. The normalized spacial score (nSPS) is 10.4. The molecule has 0 aliphatic rings. The van der Waals surface area contributed by atoms with Gasteiger partial charge in [-0.1, -0.05) is 18.2 Å². The fourth-order valence-corrected chi connectivity index (χ4v) is 1.87. The van der Waals surface area contributed by atoms with E-state index >= 15 is 0 Å². The van der Waals surface area contributed by atoms with Crippen molar-refractivity contribution in [2.24, 2.45) is 0 Å². The van der Waals surface area contributed by atoms with Crippen LogP contribution in [0.4, 0.5) is 8.78 Å². The van der Waals surface area contributed by atoms with Crippen LogP contribution in [0.15, 0.2) is 42.5 Å². The molecule has 0 saturated heterocycles. The van der Waals surface area contributed by atoms with Crippen molar-refractivity contribution in [2.75, 3.05) is 13.2 Å². The third kappa shape index (κ3) is 3.86. The number of ether oxygens (including phenoxy) is 1. The summed E-state index contributed by atoms with van der Waals surface area (Å²) < 4.78 is 32.1. The second-order valence-corrected chi connectivity index (χ2v) is 4.43. The van der Waals surface area contributed by atoms with Crippen LogP contribution in [-0.4, -0.2) is 24.1 Å². The second-order valence-electron chi connectivity index (χ2n) is 4.43. The Morgan fingerprint density at radius 1 is 1.05 bits per heavy atom. The molecule has 0 bridgehead atoms. The average molecular weight is 292 g/mol. The predicted molar refractivity (Wildman–Crippen MR) is 73.4 cm³/mol. The number of rotatable bonds is 6. The van der Waals surface area contributed by atoms with Crippen LogP contribution in [0.1, 0.15) is 15.9 Å². The fraction of sp³-hybridized carbons (Fsp3) is 0.188. The summed E-state index contributed by atoms with van der Waals surface area (Å²) in [4.78, 5) is 11.8. The highest BCUT2D eigenvalue weighted by molar-refractivity contribution is 5.97. The summed E-state index contributed by atoms with van der Waals surface area (Å²) in [7, 11) is 0. The molecule has 0 spiro atoms. The molecule has 0 fully saturated rings. The Morgan fingerprint density at radius 2 is 1.67 bits per heavy atom. The first-order chi connectivity index (χ1) is 10.1. The number of benzene rings is 2. The van der Waals surface area contributed by atoms with E-state index in [0.717, 1.165) is 17.7 Å². The van der Waals surface area contributed by atoms with E-state index in [9.17, 15) is 13.6 Å². The van der Waals surface area contributed by atoms with Crippen LogP contribution < -0.4 is 4.74 Å². The Bertz CT molecular complexity index is 604. The van der Waals surface area contributed by atoms with Crippen LogP contribution in [0, 0.1) is 11.6 Å². The Balaban J connectivity index is 2.01. The van der Waals surface area contributed by atoms with Crippen LogP contribution in [0.25, 0.3) is 0 Å². The molecular formula is C16H14F2O3. The SMILES string of the molecule is O=C(COc1ccc(CCO)cc1)c1c(F)cccc1F. The maximum Gasteiger partial charge on any atom is 0.206 e. The highest BCUT2D eigenvalue weighted by Gasteiger charge is 2.17. The molecule has 0 unspecified atom stereocenters. The Hall–Kier alpha value is -2.27. The Morgan fingerprint density at radius 3 is 2.24 bits per heavy atom. The molecule has 0 aliphatic carbocycles. The molecule has 0 amide bonds. The van der Waals surface area contributed by atoms with Crippen molar-refractivity contribution in [3.63, 3.8) is 0 Å². The van der Waals surface area contributed by atoms with E-state index in [0.29, 0.717) is 12.2 Å². The number of hydrogen-bond acceptors (Lipinski definition) is 3. The summed E-state index contributed by atoms with van der Waals surface area (Å²) in [5, 5.41) is 8.80. The summed E-state index contributed by atoms with van der Waals surface area (Å²) in [6.07, 6.45) is 0.527. The number of aliphatic hydroxyl groups is 1. The molecule has 3 nitrogen and oxygen atoms in total. The molecule has 110 valence electrons. The number of halogens is 2. The van der Waals surface area contributed by atoms with E-state index in [2.05, 4.69) is 0 Å². The molecular weight excluding hydrogens is 278 g/mol. The van der Waals surface area contributed by atoms with Gasteiger partial charge < -0.3 is 9.84 Å². The van der Waals surface area contributed by atoms with Crippen molar-refractivity contribution in [3.05, 3.63) is 65.2 Å². The van der Waals surface area contributed by atoms with Gasteiger partial charge in [0.05, 0.1) is 5.56 Å². The monoisotopic (exact) mass is 292 g/mol. The number of Topliss-reactive ketones (excluding diaryl/α,β-unsaturated/α-hetero) is 1. The highest BCUT2D eigenvalue weighted by Crippen LogP contribution is 2.16. The zero-order valence-corrected chi connectivity index (χ0v) is 11.2. The van der Waals surface area contributed by atoms with Crippen molar-refractivity contribution >= 4 is 5.78 Å².